The highest BCUT2D eigenvalue weighted by molar-refractivity contribution is 5.99. The number of nitriles is 1. The molecule has 1 aromatic heterocycles. The van der Waals surface area contributed by atoms with Gasteiger partial charge in [0, 0.05) is 5.39 Å². The fraction of sp³-hybridized carbons (Fsp3) is 0.143. The molecule has 0 saturated heterocycles. The minimum atomic E-state index is -1.15. The highest BCUT2D eigenvalue weighted by Gasteiger charge is 2.19. The molecule has 1 amide bonds. The van der Waals surface area contributed by atoms with Crippen LogP contribution in [0.25, 0.3) is 10.9 Å². The van der Waals surface area contributed by atoms with Crippen molar-refractivity contribution in [2.24, 2.45) is 0 Å². The summed E-state index contributed by atoms with van der Waals surface area (Å²) in [7, 11) is 0. The second-order valence-corrected chi connectivity index (χ2v) is 4.22. The van der Waals surface area contributed by atoms with Gasteiger partial charge in [-0.3, -0.25) is 9.59 Å². The Morgan fingerprint density at radius 1 is 1.40 bits per heavy atom. The van der Waals surface area contributed by atoms with E-state index in [0.717, 1.165) is 5.39 Å². The fourth-order valence-electron chi connectivity index (χ4n) is 1.70. The van der Waals surface area contributed by atoms with Gasteiger partial charge in [0.05, 0.1) is 11.1 Å². The molecule has 0 unspecified atom stereocenters. The van der Waals surface area contributed by atoms with Gasteiger partial charge < -0.3 is 10.4 Å². The molecule has 0 spiro atoms. The highest BCUT2D eigenvalue weighted by Crippen LogP contribution is 2.16. The Morgan fingerprint density at radius 2 is 2.10 bits per heavy atom. The van der Waals surface area contributed by atoms with Crippen molar-refractivity contribution in [1.82, 2.24) is 10.3 Å². The van der Waals surface area contributed by atoms with E-state index in [2.05, 4.69) is 10.3 Å². The maximum atomic E-state index is 12.0. The third-order valence-corrected chi connectivity index (χ3v) is 2.78. The van der Waals surface area contributed by atoms with Crippen LogP contribution in [-0.4, -0.2) is 28.0 Å². The number of nitrogens with zero attached hydrogens (tertiary/aromatic N) is 2. The van der Waals surface area contributed by atoms with E-state index in [0.29, 0.717) is 5.52 Å². The zero-order chi connectivity index (χ0) is 14.7. The zero-order valence-electron chi connectivity index (χ0n) is 10.6. The molecule has 2 N–H and O–H groups in total. The summed E-state index contributed by atoms with van der Waals surface area (Å²) in [5.41, 5.74) is 0.609. The second-order valence-electron chi connectivity index (χ2n) is 4.22. The van der Waals surface area contributed by atoms with Crippen molar-refractivity contribution in [3.8, 4) is 6.07 Å². The van der Waals surface area contributed by atoms with Gasteiger partial charge in [0.1, 0.15) is 17.8 Å². The Labute approximate surface area is 114 Å². The molecule has 0 bridgehead atoms. The van der Waals surface area contributed by atoms with Crippen molar-refractivity contribution in [1.29, 1.82) is 5.26 Å². The van der Waals surface area contributed by atoms with Crippen LogP contribution in [-0.2, 0) is 4.79 Å². The van der Waals surface area contributed by atoms with Crippen LogP contribution in [0.15, 0.2) is 30.3 Å². The molecule has 1 heterocycles. The summed E-state index contributed by atoms with van der Waals surface area (Å²) in [6, 6.07) is 9.47. The number of pyridine rings is 1. The van der Waals surface area contributed by atoms with Crippen LogP contribution in [0.3, 0.4) is 0 Å². The first-order chi connectivity index (χ1) is 9.52. The molecule has 0 aliphatic rings. The molecule has 100 valence electrons. The van der Waals surface area contributed by atoms with E-state index in [-0.39, 0.29) is 11.3 Å². The number of carboxylic acid groups (broad SMARTS) is 1. The average molecular weight is 269 g/mol. The summed E-state index contributed by atoms with van der Waals surface area (Å²) in [5, 5.41) is 20.9. The van der Waals surface area contributed by atoms with Crippen LogP contribution in [0.5, 0.6) is 0 Å². The Bertz CT molecular complexity index is 734. The first kappa shape index (κ1) is 13.5. The molecule has 0 fully saturated rings. The summed E-state index contributed by atoms with van der Waals surface area (Å²) in [4.78, 5) is 26.9. The number of carbonyl (C=O) groups is 2. The fourth-order valence-corrected chi connectivity index (χ4v) is 1.70. The van der Waals surface area contributed by atoms with E-state index >= 15 is 0 Å². The van der Waals surface area contributed by atoms with Gasteiger partial charge in [-0.05, 0) is 19.1 Å². The number of carbonyl (C=O) groups excluding carboxylic acids is 1. The van der Waals surface area contributed by atoms with Crippen LogP contribution < -0.4 is 5.32 Å². The standard InChI is InChI=1S/C14H11N3O3/c1-8(14(19)20)16-13(18)12-10(7-15)6-9-4-2-3-5-11(9)17-12/h2-6,8H,1H3,(H,16,18)(H,19,20)/t8-/m0/s1. The first-order valence-electron chi connectivity index (χ1n) is 5.86. The lowest BCUT2D eigenvalue weighted by Crippen LogP contribution is -2.39. The SMILES string of the molecule is C[C@H](NC(=O)c1nc2ccccc2cc1C#N)C(=O)O. The lowest BCUT2D eigenvalue weighted by atomic mass is 10.1. The highest BCUT2D eigenvalue weighted by atomic mass is 16.4. The van der Waals surface area contributed by atoms with E-state index in [1.54, 1.807) is 30.3 Å². The van der Waals surface area contributed by atoms with Crippen molar-refractivity contribution >= 4 is 22.8 Å². The number of nitrogens with one attached hydrogen (secondary N) is 1. The van der Waals surface area contributed by atoms with Crippen molar-refractivity contribution < 1.29 is 14.7 Å². The molecule has 6 heteroatoms. The van der Waals surface area contributed by atoms with E-state index < -0.39 is 17.9 Å². The van der Waals surface area contributed by atoms with E-state index in [1.807, 2.05) is 6.07 Å². The normalized spacial score (nSPS) is 11.6. The zero-order valence-corrected chi connectivity index (χ0v) is 10.6. The number of hydrogen-bond donors (Lipinski definition) is 2. The summed E-state index contributed by atoms with van der Waals surface area (Å²) in [6.07, 6.45) is 0. The van der Waals surface area contributed by atoms with Gasteiger partial charge in [0.2, 0.25) is 0 Å². The molecule has 2 rings (SSSR count). The molecule has 1 atom stereocenters. The molecule has 0 aliphatic heterocycles. The van der Waals surface area contributed by atoms with Crippen LogP contribution >= 0.6 is 0 Å². The molecular weight excluding hydrogens is 258 g/mol. The van der Waals surface area contributed by atoms with Crippen molar-refractivity contribution in [3.05, 3.63) is 41.6 Å². The lowest BCUT2D eigenvalue weighted by molar-refractivity contribution is -0.138. The number of carboxylic acids is 1. The van der Waals surface area contributed by atoms with Crippen molar-refractivity contribution in [3.63, 3.8) is 0 Å². The van der Waals surface area contributed by atoms with Gasteiger partial charge in [-0.1, -0.05) is 18.2 Å². The van der Waals surface area contributed by atoms with Crippen LogP contribution in [0, 0.1) is 11.3 Å². The first-order valence-corrected chi connectivity index (χ1v) is 5.86. The van der Waals surface area contributed by atoms with Crippen molar-refractivity contribution in [2.75, 3.05) is 0 Å². The van der Waals surface area contributed by atoms with E-state index in [4.69, 9.17) is 10.4 Å². The quantitative estimate of drug-likeness (QED) is 0.874. The number of hydrogen-bond acceptors (Lipinski definition) is 4. The van der Waals surface area contributed by atoms with Crippen molar-refractivity contribution in [2.45, 2.75) is 13.0 Å². The maximum Gasteiger partial charge on any atom is 0.325 e. The van der Waals surface area contributed by atoms with Gasteiger partial charge in [-0.15, -0.1) is 0 Å². The number of rotatable bonds is 3. The van der Waals surface area contributed by atoms with E-state index in [1.165, 1.54) is 6.92 Å². The van der Waals surface area contributed by atoms with Crippen LogP contribution in [0.1, 0.15) is 23.0 Å². The predicted molar refractivity (Wildman–Crippen MR) is 71.0 cm³/mol. The van der Waals surface area contributed by atoms with Gasteiger partial charge >= 0.3 is 5.97 Å². The summed E-state index contributed by atoms with van der Waals surface area (Å²) < 4.78 is 0. The molecular formula is C14H11N3O3. The Morgan fingerprint density at radius 3 is 2.75 bits per heavy atom. The van der Waals surface area contributed by atoms with Gasteiger partial charge in [0.25, 0.3) is 5.91 Å². The molecule has 2 aromatic rings. The van der Waals surface area contributed by atoms with Crippen LogP contribution in [0.2, 0.25) is 0 Å². The number of aliphatic carboxylic acids is 1. The van der Waals surface area contributed by atoms with Gasteiger partial charge in [0.15, 0.2) is 0 Å². The minimum Gasteiger partial charge on any atom is -0.480 e. The lowest BCUT2D eigenvalue weighted by Gasteiger charge is -2.10. The number of amides is 1. The number of fused-ring (bicyclic) bond motifs is 1. The van der Waals surface area contributed by atoms with E-state index in [9.17, 15) is 9.59 Å². The minimum absolute atomic E-state index is 0.0701. The average Bonchev–Trinajstić information content (AvgIpc) is 2.45. The third-order valence-electron chi connectivity index (χ3n) is 2.78. The molecule has 0 radical (unpaired) electrons. The molecule has 0 saturated carbocycles. The van der Waals surface area contributed by atoms with Gasteiger partial charge in [-0.2, -0.15) is 5.26 Å². The summed E-state index contributed by atoms with van der Waals surface area (Å²) in [5.74, 6) is -1.83. The maximum absolute atomic E-state index is 12.0. The Hall–Kier alpha value is -2.94. The van der Waals surface area contributed by atoms with Gasteiger partial charge in [-0.25, -0.2) is 4.98 Å². The Kier molecular flexibility index (Phi) is 3.62. The monoisotopic (exact) mass is 269 g/mol. The number of aromatic nitrogens is 1. The topological polar surface area (TPSA) is 103 Å². The number of para-hydroxylation sites is 1. The summed E-state index contributed by atoms with van der Waals surface area (Å²) >= 11 is 0. The predicted octanol–water partition coefficient (Wildman–Crippen LogP) is 1.31. The second kappa shape index (κ2) is 5.36. The van der Waals surface area contributed by atoms with Crippen LogP contribution in [0.4, 0.5) is 0 Å². The number of benzene rings is 1. The molecule has 0 aliphatic carbocycles. The summed E-state index contributed by atoms with van der Waals surface area (Å²) in [6.45, 7) is 1.34. The Balaban J connectivity index is 2.45. The third kappa shape index (κ3) is 2.57. The molecule has 20 heavy (non-hydrogen) atoms. The molecule has 6 nitrogen and oxygen atoms in total. The smallest absolute Gasteiger partial charge is 0.325 e. The largest absolute Gasteiger partial charge is 0.480 e. The molecule has 1 aromatic carbocycles.